The monoisotopic (exact) mass is 1000 g/mol. The number of hydrogen-bond donors (Lipinski definition) is 2. The summed E-state index contributed by atoms with van der Waals surface area (Å²) in [5, 5.41) is 26.3. The van der Waals surface area contributed by atoms with E-state index in [1.807, 2.05) is 0 Å². The normalized spacial score (nSPS) is 9.14. The Morgan fingerprint density at radius 1 is 0.449 bits per heavy atom. The molecule has 49 heavy (non-hydrogen) atoms. The van der Waals surface area contributed by atoms with E-state index in [9.17, 15) is 19.8 Å². The number of carbonyl (C=O) groups excluding carboxylic acids is 2. The summed E-state index contributed by atoms with van der Waals surface area (Å²) >= 11 is 0.448. The standard InChI is InChI=1S/2C8H9NO2.6C4H9.3Sn/c2*1-9-7-4-2-6(3-5-7)8(10)11;6*1-3-4-2;;;/h2*2-5,9H,1H3,(H,10,11);6*1,3-4H2,2H3;;;/q;;;;;;;;3*+2/p-2. The molecule has 2 aromatic rings. The van der Waals surface area contributed by atoms with E-state index in [2.05, 4.69) is 52.2 Å². The van der Waals surface area contributed by atoms with Crippen molar-refractivity contribution in [3.8, 4) is 0 Å². The molecule has 0 amide bonds. The first kappa shape index (κ1) is 52.7. The number of hydrogen-bond acceptors (Lipinski definition) is 6. The molecule has 0 aliphatic heterocycles. The quantitative estimate of drug-likeness (QED) is 0.0901. The van der Waals surface area contributed by atoms with E-state index in [1.165, 1.54) is 101 Å². The van der Waals surface area contributed by atoms with E-state index in [0.717, 1.165) is 11.4 Å². The van der Waals surface area contributed by atoms with Crippen LogP contribution < -0.4 is 20.8 Å². The number of carboxylic acid groups (broad SMARTS) is 2. The molecule has 0 saturated carbocycles. The Morgan fingerprint density at radius 2 is 0.653 bits per heavy atom. The molecule has 0 aliphatic carbocycles. The fraction of sp³-hybridized carbons (Fsp3) is 0.650. The number of anilines is 2. The first-order valence-electron chi connectivity index (χ1n) is 18.8. The number of rotatable bonds is 22. The molecule has 0 saturated heterocycles. The van der Waals surface area contributed by atoms with Crippen molar-refractivity contribution in [2.45, 2.75) is 145 Å². The largest absolute Gasteiger partial charge is 0.545 e. The fourth-order valence-corrected chi connectivity index (χ4v) is 16.2. The molecule has 0 aliphatic rings. The number of aromatic carboxylic acids is 2. The molecule has 0 spiro atoms. The van der Waals surface area contributed by atoms with Gasteiger partial charge in [0.1, 0.15) is 0 Å². The van der Waals surface area contributed by atoms with Gasteiger partial charge in [0.2, 0.25) is 0 Å². The number of benzene rings is 2. The van der Waals surface area contributed by atoms with Crippen molar-refractivity contribution < 1.29 is 19.8 Å². The van der Waals surface area contributed by atoms with Crippen LogP contribution in [-0.4, -0.2) is 89.5 Å². The van der Waals surface area contributed by atoms with Gasteiger partial charge in [-0.3, -0.25) is 0 Å². The van der Waals surface area contributed by atoms with E-state index in [0.29, 0.717) is 0 Å². The zero-order valence-corrected chi connectivity index (χ0v) is 41.0. The van der Waals surface area contributed by atoms with Gasteiger partial charge in [0, 0.05) is 25.5 Å². The van der Waals surface area contributed by atoms with Crippen LogP contribution in [0.15, 0.2) is 48.5 Å². The predicted octanol–water partition coefficient (Wildman–Crippen LogP) is 9.57. The van der Waals surface area contributed by atoms with Gasteiger partial charge in [-0.2, -0.15) is 0 Å². The van der Waals surface area contributed by atoms with Gasteiger partial charge in [0.05, 0.1) is 11.9 Å². The van der Waals surface area contributed by atoms with Crippen LogP contribution in [0, 0.1) is 0 Å². The summed E-state index contributed by atoms with van der Waals surface area (Å²) in [6, 6.07) is 12.7. The van der Waals surface area contributed by atoms with Crippen LogP contribution in [0.5, 0.6) is 0 Å². The van der Waals surface area contributed by atoms with Gasteiger partial charge in [0.15, 0.2) is 0 Å². The average molecular weight is 999 g/mol. The van der Waals surface area contributed by atoms with Crippen LogP contribution in [0.3, 0.4) is 0 Å². The Kier molecular flexibility index (Phi) is 46.9. The van der Waals surface area contributed by atoms with Gasteiger partial charge in [-0.15, -0.1) is 0 Å². The van der Waals surface area contributed by atoms with Crippen molar-refractivity contribution in [2.75, 3.05) is 24.7 Å². The molecule has 0 unspecified atom stereocenters. The molecule has 0 heterocycles. The van der Waals surface area contributed by atoms with Crippen LogP contribution >= 0.6 is 0 Å². The summed E-state index contributed by atoms with van der Waals surface area (Å²) in [5.74, 6) is -2.29. The maximum Gasteiger partial charge on any atom is 0.0715 e. The van der Waals surface area contributed by atoms with Gasteiger partial charge in [-0.05, 0) is 35.4 Å². The van der Waals surface area contributed by atoms with Crippen molar-refractivity contribution in [3.05, 3.63) is 59.7 Å². The maximum absolute atomic E-state index is 10.3. The van der Waals surface area contributed by atoms with Crippen molar-refractivity contribution in [2.24, 2.45) is 0 Å². The zero-order chi connectivity index (χ0) is 37.4. The number of unbranched alkanes of at least 4 members (excludes halogenated alkanes) is 6. The molecule has 0 fully saturated rings. The Balaban J connectivity index is -0.000000542. The minimum atomic E-state index is -1.15. The van der Waals surface area contributed by atoms with Crippen LogP contribution in [0.1, 0.15) is 139 Å². The third-order valence-electron chi connectivity index (χ3n) is 7.06. The molecular formula is C40H70N2O4Sn3+4. The Hall–Kier alpha value is -0.624. The van der Waals surface area contributed by atoms with Gasteiger partial charge >= 0.3 is 209 Å². The second-order valence-electron chi connectivity index (χ2n) is 11.6. The Labute approximate surface area is 333 Å². The Morgan fingerprint density at radius 3 is 0.796 bits per heavy atom. The third-order valence-corrected chi connectivity index (χ3v) is 19.2. The third kappa shape index (κ3) is 40.0. The van der Waals surface area contributed by atoms with Crippen LogP contribution in [0.4, 0.5) is 11.4 Å². The van der Waals surface area contributed by atoms with Gasteiger partial charge in [-0.25, -0.2) is 0 Å². The molecule has 2 N–H and O–H groups in total. The zero-order valence-electron chi connectivity index (χ0n) is 32.5. The van der Waals surface area contributed by atoms with Gasteiger partial charge in [-0.1, -0.05) is 24.3 Å². The van der Waals surface area contributed by atoms with Crippen molar-refractivity contribution in [1.29, 1.82) is 0 Å². The predicted molar refractivity (Wildman–Crippen MR) is 216 cm³/mol. The van der Waals surface area contributed by atoms with Crippen LogP contribution in [0.2, 0.25) is 26.6 Å². The summed E-state index contributed by atoms with van der Waals surface area (Å²) in [6.45, 7) is 13.7. The SMILES string of the molecule is CCC[CH2][Sn+2][CH2]CCC.CCC[CH2][Sn+2][CH2]CCC.CCC[CH2][Sn+2][CH2]CCC.CNc1ccc(C(=O)[O-])cc1.CNc1ccc(C(=O)[O-])cc1. The summed E-state index contributed by atoms with van der Waals surface area (Å²) in [7, 11) is 3.54. The van der Waals surface area contributed by atoms with Gasteiger partial charge < -0.3 is 30.4 Å². The molecule has 0 bridgehead atoms. The minimum Gasteiger partial charge on any atom is -0.545 e. The summed E-state index contributed by atoms with van der Waals surface area (Å²) in [5.41, 5.74) is 2.16. The molecule has 2 rings (SSSR count). The van der Waals surface area contributed by atoms with E-state index >= 15 is 0 Å². The van der Waals surface area contributed by atoms with E-state index < -0.39 is 11.9 Å². The van der Waals surface area contributed by atoms with E-state index in [1.54, 1.807) is 65.0 Å². The molecule has 272 valence electrons. The minimum absolute atomic E-state index is 0.149. The molecule has 2 aromatic carbocycles. The molecule has 6 nitrogen and oxygen atoms in total. The van der Waals surface area contributed by atoms with Crippen molar-refractivity contribution in [3.63, 3.8) is 0 Å². The molecule has 0 aromatic heterocycles. The van der Waals surface area contributed by atoms with Crippen molar-refractivity contribution >= 4 is 86.7 Å². The topological polar surface area (TPSA) is 104 Å². The van der Waals surface area contributed by atoms with Gasteiger partial charge in [0.25, 0.3) is 0 Å². The van der Waals surface area contributed by atoms with Crippen molar-refractivity contribution in [1.82, 2.24) is 0 Å². The number of nitrogens with one attached hydrogen (secondary N) is 2. The van der Waals surface area contributed by atoms with E-state index in [4.69, 9.17) is 0 Å². The first-order valence-corrected chi connectivity index (χ1v) is 30.9. The average Bonchev–Trinajstić information content (AvgIpc) is 3.12. The smallest absolute Gasteiger partial charge is 0.0715 e. The number of carboxylic acids is 2. The molecular weight excluding hydrogens is 929 g/mol. The molecule has 0 radical (unpaired) electrons. The second kappa shape index (κ2) is 43.5. The molecule has 0 atom stereocenters. The first-order chi connectivity index (χ1) is 23.7. The summed E-state index contributed by atoms with van der Waals surface area (Å²) in [6.07, 6.45) is 17.5. The summed E-state index contributed by atoms with van der Waals surface area (Å²) < 4.78 is 9.75. The fourth-order valence-electron chi connectivity index (χ4n) is 3.73. The summed E-state index contributed by atoms with van der Waals surface area (Å²) in [4.78, 5) is 20.5. The maximum atomic E-state index is 10.3. The van der Waals surface area contributed by atoms with Crippen LogP contribution in [0.25, 0.3) is 0 Å². The second-order valence-corrected chi connectivity index (χ2v) is 24.4. The number of carbonyl (C=O) groups is 2. The van der Waals surface area contributed by atoms with Crippen LogP contribution in [-0.2, 0) is 0 Å². The molecule has 9 heteroatoms. The van der Waals surface area contributed by atoms with E-state index in [-0.39, 0.29) is 74.6 Å². The Bertz CT molecular complexity index is 852.